The van der Waals surface area contributed by atoms with Crippen LogP contribution in [0.15, 0.2) is 30.3 Å². The average molecular weight is 310 g/mol. The average Bonchev–Trinajstić information content (AvgIpc) is 2.56. The monoisotopic (exact) mass is 310 g/mol. The quantitative estimate of drug-likeness (QED) is 0.605. The number of alkyl carbamates (subject to hydrolysis) is 1. The summed E-state index contributed by atoms with van der Waals surface area (Å²) in [7, 11) is 1.17. The van der Waals surface area contributed by atoms with Gasteiger partial charge in [-0.15, -0.1) is 0 Å². The molecule has 1 rings (SSSR count). The molecule has 0 fully saturated rings. The Morgan fingerprint density at radius 1 is 1.32 bits per heavy atom. The van der Waals surface area contributed by atoms with E-state index in [1.165, 1.54) is 7.11 Å². The van der Waals surface area contributed by atoms with Crippen molar-refractivity contribution < 1.29 is 24.2 Å². The van der Waals surface area contributed by atoms with Gasteiger partial charge in [-0.05, 0) is 24.9 Å². The molecule has 0 aliphatic carbocycles. The Hall–Kier alpha value is -2.12. The summed E-state index contributed by atoms with van der Waals surface area (Å²) in [5.41, 5.74) is 6.25. The zero-order chi connectivity index (χ0) is 16.4. The molecule has 1 aromatic rings. The molecule has 0 radical (unpaired) electrons. The van der Waals surface area contributed by atoms with Gasteiger partial charge in [0, 0.05) is 0 Å². The van der Waals surface area contributed by atoms with Crippen LogP contribution in [0.3, 0.4) is 0 Å². The van der Waals surface area contributed by atoms with Crippen LogP contribution in [-0.4, -0.2) is 43.0 Å². The van der Waals surface area contributed by atoms with Crippen molar-refractivity contribution in [2.24, 2.45) is 5.73 Å². The Labute approximate surface area is 129 Å². The fraction of sp³-hybridized carbons (Fsp3) is 0.467. The van der Waals surface area contributed by atoms with Gasteiger partial charge in [0.05, 0.1) is 13.2 Å². The lowest BCUT2D eigenvalue weighted by Gasteiger charge is -2.22. The Kier molecular flexibility index (Phi) is 7.95. The number of ether oxygens (including phenoxy) is 2. The largest absolute Gasteiger partial charge is 0.467 e. The summed E-state index contributed by atoms with van der Waals surface area (Å²) >= 11 is 0. The minimum atomic E-state index is -1.46. The Morgan fingerprint density at radius 2 is 2.00 bits per heavy atom. The minimum Gasteiger partial charge on any atom is -0.467 e. The molecule has 0 bridgehead atoms. The zero-order valence-corrected chi connectivity index (χ0v) is 12.5. The van der Waals surface area contributed by atoms with Crippen molar-refractivity contribution in [2.75, 3.05) is 13.7 Å². The maximum atomic E-state index is 11.8. The van der Waals surface area contributed by atoms with Crippen LogP contribution >= 0.6 is 0 Å². The van der Waals surface area contributed by atoms with Crippen molar-refractivity contribution in [1.82, 2.24) is 5.32 Å². The van der Waals surface area contributed by atoms with Crippen LogP contribution in [0.5, 0.6) is 0 Å². The number of amides is 1. The first-order chi connectivity index (χ1) is 10.6. The summed E-state index contributed by atoms with van der Waals surface area (Å²) in [6.45, 7) is 0.482. The van der Waals surface area contributed by atoms with Crippen molar-refractivity contribution in [2.45, 2.75) is 31.6 Å². The van der Waals surface area contributed by atoms with E-state index in [-0.39, 0.29) is 6.61 Å². The zero-order valence-electron chi connectivity index (χ0n) is 12.5. The van der Waals surface area contributed by atoms with E-state index in [9.17, 15) is 14.7 Å². The normalized spacial score (nSPS) is 13.0. The summed E-state index contributed by atoms with van der Waals surface area (Å²) in [6.07, 6.45) is -1.29. The molecule has 0 saturated heterocycles. The number of rotatable bonds is 8. The fourth-order valence-electron chi connectivity index (χ4n) is 1.85. The van der Waals surface area contributed by atoms with Crippen LogP contribution < -0.4 is 11.1 Å². The standard InChI is InChI=1S/C15H22N2O5/c1-21-14(19)13(18)12(8-5-9-16)17-15(20)22-10-11-6-3-2-4-7-11/h2-4,6-7,12-13,18H,5,8-10,16H2,1H3,(H,17,20)/t12-,13?/m0/s1. The highest BCUT2D eigenvalue weighted by molar-refractivity contribution is 5.76. The van der Waals surface area contributed by atoms with E-state index in [4.69, 9.17) is 10.5 Å². The summed E-state index contributed by atoms with van der Waals surface area (Å²) in [5, 5.41) is 12.3. The van der Waals surface area contributed by atoms with Gasteiger partial charge in [-0.1, -0.05) is 30.3 Å². The first-order valence-corrected chi connectivity index (χ1v) is 7.01. The number of aliphatic hydroxyl groups is 1. The molecule has 7 heteroatoms. The number of nitrogens with one attached hydrogen (secondary N) is 1. The number of aliphatic hydroxyl groups excluding tert-OH is 1. The lowest BCUT2D eigenvalue weighted by molar-refractivity contribution is -0.152. The molecular weight excluding hydrogens is 288 g/mol. The predicted molar refractivity (Wildman–Crippen MR) is 79.9 cm³/mol. The molecule has 1 unspecified atom stereocenters. The van der Waals surface area contributed by atoms with E-state index in [0.717, 1.165) is 5.56 Å². The van der Waals surface area contributed by atoms with Crippen LogP contribution in [-0.2, 0) is 20.9 Å². The van der Waals surface area contributed by atoms with Crippen LogP contribution in [0, 0.1) is 0 Å². The molecule has 0 aliphatic heterocycles. The number of nitrogens with two attached hydrogens (primary N) is 1. The van der Waals surface area contributed by atoms with E-state index in [1.54, 1.807) is 0 Å². The highest BCUT2D eigenvalue weighted by atomic mass is 16.6. The summed E-state index contributed by atoms with van der Waals surface area (Å²) in [5.74, 6) is -0.814. The van der Waals surface area contributed by atoms with E-state index in [0.29, 0.717) is 19.4 Å². The van der Waals surface area contributed by atoms with Gasteiger partial charge < -0.3 is 25.6 Å². The third kappa shape index (κ3) is 6.11. The van der Waals surface area contributed by atoms with E-state index < -0.39 is 24.2 Å². The van der Waals surface area contributed by atoms with Crippen molar-refractivity contribution in [3.8, 4) is 0 Å². The van der Waals surface area contributed by atoms with Crippen LogP contribution in [0.25, 0.3) is 0 Å². The van der Waals surface area contributed by atoms with E-state index in [2.05, 4.69) is 10.1 Å². The Balaban J connectivity index is 2.52. The SMILES string of the molecule is COC(=O)C(O)[C@H](CCCN)NC(=O)OCc1ccccc1. The molecule has 2 atom stereocenters. The number of esters is 1. The number of hydrogen-bond donors (Lipinski definition) is 3. The second-order valence-corrected chi connectivity index (χ2v) is 4.71. The van der Waals surface area contributed by atoms with Crippen molar-refractivity contribution in [3.05, 3.63) is 35.9 Å². The number of hydrogen-bond acceptors (Lipinski definition) is 6. The highest BCUT2D eigenvalue weighted by Crippen LogP contribution is 2.06. The number of methoxy groups -OCH3 is 1. The first kappa shape index (κ1) is 17.9. The van der Waals surface area contributed by atoms with Gasteiger partial charge in [0.15, 0.2) is 6.10 Å². The van der Waals surface area contributed by atoms with Gasteiger partial charge >= 0.3 is 12.1 Å². The molecule has 0 saturated carbocycles. The van der Waals surface area contributed by atoms with E-state index in [1.807, 2.05) is 30.3 Å². The number of carbonyl (C=O) groups is 2. The van der Waals surface area contributed by atoms with Crippen molar-refractivity contribution >= 4 is 12.1 Å². The third-order valence-electron chi connectivity index (χ3n) is 3.06. The van der Waals surface area contributed by atoms with Crippen LogP contribution in [0.1, 0.15) is 18.4 Å². The molecule has 1 amide bonds. The molecule has 0 aliphatic rings. The van der Waals surface area contributed by atoms with Gasteiger partial charge in [-0.2, -0.15) is 0 Å². The third-order valence-corrected chi connectivity index (χ3v) is 3.06. The molecule has 0 heterocycles. The molecule has 0 aromatic heterocycles. The summed E-state index contributed by atoms with van der Waals surface area (Å²) in [6, 6.07) is 8.37. The van der Waals surface area contributed by atoms with Crippen molar-refractivity contribution in [3.63, 3.8) is 0 Å². The number of benzene rings is 1. The fourth-order valence-corrected chi connectivity index (χ4v) is 1.85. The molecule has 122 valence electrons. The predicted octanol–water partition coefficient (Wildman–Crippen LogP) is 0.554. The first-order valence-electron chi connectivity index (χ1n) is 7.01. The Morgan fingerprint density at radius 3 is 2.59 bits per heavy atom. The number of carbonyl (C=O) groups excluding carboxylic acids is 2. The van der Waals surface area contributed by atoms with Gasteiger partial charge in [-0.25, -0.2) is 9.59 Å². The molecule has 7 nitrogen and oxygen atoms in total. The topological polar surface area (TPSA) is 111 Å². The molecular formula is C15H22N2O5. The highest BCUT2D eigenvalue weighted by Gasteiger charge is 2.28. The van der Waals surface area contributed by atoms with E-state index >= 15 is 0 Å². The van der Waals surface area contributed by atoms with Gasteiger partial charge in [0.2, 0.25) is 0 Å². The van der Waals surface area contributed by atoms with Gasteiger partial charge in [0.25, 0.3) is 0 Å². The maximum absolute atomic E-state index is 11.8. The molecule has 0 spiro atoms. The van der Waals surface area contributed by atoms with Crippen LogP contribution in [0.2, 0.25) is 0 Å². The second kappa shape index (κ2) is 9.75. The minimum absolute atomic E-state index is 0.102. The lowest BCUT2D eigenvalue weighted by atomic mass is 10.1. The van der Waals surface area contributed by atoms with Gasteiger partial charge in [0.1, 0.15) is 6.61 Å². The maximum Gasteiger partial charge on any atom is 0.407 e. The van der Waals surface area contributed by atoms with Crippen molar-refractivity contribution in [1.29, 1.82) is 0 Å². The second-order valence-electron chi connectivity index (χ2n) is 4.71. The lowest BCUT2D eigenvalue weighted by Crippen LogP contribution is -2.47. The van der Waals surface area contributed by atoms with Crippen LogP contribution in [0.4, 0.5) is 4.79 Å². The smallest absolute Gasteiger partial charge is 0.407 e. The van der Waals surface area contributed by atoms with Gasteiger partial charge in [-0.3, -0.25) is 0 Å². The molecule has 22 heavy (non-hydrogen) atoms. The molecule has 1 aromatic carbocycles. The Bertz CT molecular complexity index is 466. The summed E-state index contributed by atoms with van der Waals surface area (Å²) < 4.78 is 9.53. The molecule has 4 N–H and O–H groups in total. The summed E-state index contributed by atoms with van der Waals surface area (Å²) in [4.78, 5) is 23.2.